The highest BCUT2D eigenvalue weighted by Gasteiger charge is 2.26. The number of piperidine rings is 1. The number of hydrogen-bond acceptors (Lipinski definition) is 5. The maximum Gasteiger partial charge on any atom is 0.140 e. The van der Waals surface area contributed by atoms with Crippen LogP contribution < -0.4 is 0 Å². The summed E-state index contributed by atoms with van der Waals surface area (Å²) in [5.74, 6) is 2.84. The molecule has 2 aromatic rings. The molecule has 0 bridgehead atoms. The van der Waals surface area contributed by atoms with Crippen LogP contribution in [0.3, 0.4) is 0 Å². The number of likely N-dealkylation sites (tertiary alicyclic amines) is 1. The van der Waals surface area contributed by atoms with Crippen molar-refractivity contribution in [3.63, 3.8) is 0 Å². The summed E-state index contributed by atoms with van der Waals surface area (Å²) in [5, 5.41) is 12.8. The van der Waals surface area contributed by atoms with Crippen molar-refractivity contribution in [1.29, 1.82) is 0 Å². The lowest BCUT2D eigenvalue weighted by Gasteiger charge is -2.31. The Hall–Kier alpha value is -1.69. The van der Waals surface area contributed by atoms with Gasteiger partial charge in [-0.25, -0.2) is 0 Å². The molecule has 6 nitrogen and oxygen atoms in total. The first-order valence-corrected chi connectivity index (χ1v) is 8.91. The Balaban J connectivity index is 1.38. The van der Waals surface area contributed by atoms with Gasteiger partial charge in [0.1, 0.15) is 23.6 Å². The highest BCUT2D eigenvalue weighted by molar-refractivity contribution is 5.25. The smallest absolute Gasteiger partial charge is 0.140 e. The van der Waals surface area contributed by atoms with Crippen molar-refractivity contribution < 1.29 is 4.52 Å². The summed E-state index contributed by atoms with van der Waals surface area (Å²) >= 11 is 0. The van der Waals surface area contributed by atoms with Gasteiger partial charge in [0.25, 0.3) is 0 Å². The Kier molecular flexibility index (Phi) is 4.16. The Morgan fingerprint density at radius 3 is 2.87 bits per heavy atom. The van der Waals surface area contributed by atoms with Gasteiger partial charge in [-0.05, 0) is 52.1 Å². The summed E-state index contributed by atoms with van der Waals surface area (Å²) < 4.78 is 7.72. The largest absolute Gasteiger partial charge is 0.361 e. The van der Waals surface area contributed by atoms with Gasteiger partial charge in [-0.3, -0.25) is 4.90 Å². The maximum atomic E-state index is 5.54. The number of aryl methyl sites for hydroxylation is 2. The van der Waals surface area contributed by atoms with E-state index in [4.69, 9.17) is 4.52 Å². The van der Waals surface area contributed by atoms with E-state index in [0.29, 0.717) is 5.92 Å². The molecule has 2 aliphatic rings. The van der Waals surface area contributed by atoms with Crippen LogP contribution in [0, 0.1) is 0 Å². The number of fused-ring (bicyclic) bond motifs is 1. The van der Waals surface area contributed by atoms with Crippen LogP contribution in [0.15, 0.2) is 10.9 Å². The fourth-order valence-electron chi connectivity index (χ4n) is 3.96. The zero-order valence-corrected chi connectivity index (χ0v) is 13.9. The molecule has 0 N–H and O–H groups in total. The molecule has 1 aliphatic heterocycles. The third-order valence-electron chi connectivity index (χ3n) is 5.34. The molecule has 6 heteroatoms. The Morgan fingerprint density at radius 2 is 2.04 bits per heavy atom. The predicted molar refractivity (Wildman–Crippen MR) is 86.1 cm³/mol. The summed E-state index contributed by atoms with van der Waals surface area (Å²) in [4.78, 5) is 2.51. The molecule has 1 aliphatic carbocycles. The van der Waals surface area contributed by atoms with Gasteiger partial charge in [-0.1, -0.05) is 5.16 Å². The zero-order valence-electron chi connectivity index (χ0n) is 13.9. The van der Waals surface area contributed by atoms with Crippen molar-refractivity contribution in [1.82, 2.24) is 24.8 Å². The number of hydrogen-bond donors (Lipinski definition) is 0. The lowest BCUT2D eigenvalue weighted by atomic mass is 9.94. The molecule has 2 aromatic heterocycles. The van der Waals surface area contributed by atoms with Crippen LogP contribution in [-0.2, 0) is 25.9 Å². The summed E-state index contributed by atoms with van der Waals surface area (Å²) in [6.07, 6.45) is 8.88. The van der Waals surface area contributed by atoms with Crippen molar-refractivity contribution in [3.05, 3.63) is 29.2 Å². The normalized spacial score (nSPS) is 19.9. The zero-order chi connectivity index (χ0) is 15.6. The number of aromatic nitrogens is 4. The van der Waals surface area contributed by atoms with E-state index >= 15 is 0 Å². The molecule has 4 rings (SSSR count). The molecule has 23 heavy (non-hydrogen) atoms. The average molecular weight is 315 g/mol. The van der Waals surface area contributed by atoms with Gasteiger partial charge in [0, 0.05) is 31.0 Å². The molecule has 0 unspecified atom stereocenters. The Bertz CT molecular complexity index is 654. The highest BCUT2D eigenvalue weighted by atomic mass is 16.5. The SMILES string of the molecule is CCn1cnnc1C1CCN(Cc2noc3c2CCCC3)CC1. The van der Waals surface area contributed by atoms with Crippen molar-refractivity contribution in [2.75, 3.05) is 13.1 Å². The molecule has 0 atom stereocenters. The first kappa shape index (κ1) is 14.9. The quantitative estimate of drug-likeness (QED) is 0.868. The molecule has 124 valence electrons. The minimum absolute atomic E-state index is 0.542. The first-order chi connectivity index (χ1) is 11.3. The van der Waals surface area contributed by atoms with Crippen LogP contribution in [0.25, 0.3) is 0 Å². The van der Waals surface area contributed by atoms with Gasteiger partial charge >= 0.3 is 0 Å². The molecule has 1 fully saturated rings. The second-order valence-electron chi connectivity index (χ2n) is 6.76. The van der Waals surface area contributed by atoms with E-state index in [1.807, 2.05) is 6.33 Å². The van der Waals surface area contributed by atoms with E-state index < -0.39 is 0 Å². The number of nitrogens with zero attached hydrogens (tertiary/aromatic N) is 5. The van der Waals surface area contributed by atoms with Gasteiger partial charge < -0.3 is 9.09 Å². The van der Waals surface area contributed by atoms with Crippen LogP contribution >= 0.6 is 0 Å². The van der Waals surface area contributed by atoms with Gasteiger partial charge in [0.05, 0.1) is 0 Å². The summed E-state index contributed by atoms with van der Waals surface area (Å²) in [6, 6.07) is 0. The summed E-state index contributed by atoms with van der Waals surface area (Å²) in [7, 11) is 0. The number of rotatable bonds is 4. The summed E-state index contributed by atoms with van der Waals surface area (Å²) in [6.45, 7) is 6.24. The van der Waals surface area contributed by atoms with Gasteiger partial charge in [-0.15, -0.1) is 10.2 Å². The predicted octanol–water partition coefficient (Wildman–Crippen LogP) is 2.54. The Labute approximate surface area is 136 Å². The molecule has 1 saturated heterocycles. The lowest BCUT2D eigenvalue weighted by molar-refractivity contribution is 0.195. The van der Waals surface area contributed by atoms with Gasteiger partial charge in [0.15, 0.2) is 0 Å². The fourth-order valence-corrected chi connectivity index (χ4v) is 3.96. The third kappa shape index (κ3) is 2.92. The van der Waals surface area contributed by atoms with Crippen LogP contribution in [-0.4, -0.2) is 37.9 Å². The summed E-state index contributed by atoms with van der Waals surface area (Å²) in [5.41, 5.74) is 2.57. The van der Waals surface area contributed by atoms with E-state index in [-0.39, 0.29) is 0 Å². The van der Waals surface area contributed by atoms with E-state index in [2.05, 4.69) is 31.7 Å². The maximum absolute atomic E-state index is 5.54. The molecule has 3 heterocycles. The monoisotopic (exact) mass is 315 g/mol. The van der Waals surface area contributed by atoms with Crippen LogP contribution in [0.4, 0.5) is 0 Å². The molecular weight excluding hydrogens is 290 g/mol. The van der Waals surface area contributed by atoms with Crippen LogP contribution in [0.2, 0.25) is 0 Å². The molecular formula is C17H25N5O. The van der Waals surface area contributed by atoms with Crippen molar-refractivity contribution in [3.8, 4) is 0 Å². The van der Waals surface area contributed by atoms with E-state index in [0.717, 1.165) is 63.4 Å². The average Bonchev–Trinajstić information content (AvgIpc) is 3.23. The van der Waals surface area contributed by atoms with Crippen molar-refractivity contribution in [2.24, 2.45) is 0 Å². The first-order valence-electron chi connectivity index (χ1n) is 8.91. The fraction of sp³-hybridized carbons (Fsp3) is 0.706. The van der Waals surface area contributed by atoms with Gasteiger partial charge in [-0.2, -0.15) is 0 Å². The van der Waals surface area contributed by atoms with Gasteiger partial charge in [0.2, 0.25) is 0 Å². The molecule has 0 radical (unpaired) electrons. The molecule has 0 aromatic carbocycles. The lowest BCUT2D eigenvalue weighted by Crippen LogP contribution is -2.33. The topological polar surface area (TPSA) is 60.0 Å². The van der Waals surface area contributed by atoms with Crippen molar-refractivity contribution >= 4 is 0 Å². The van der Waals surface area contributed by atoms with E-state index in [9.17, 15) is 0 Å². The third-order valence-corrected chi connectivity index (χ3v) is 5.34. The minimum atomic E-state index is 0.542. The van der Waals surface area contributed by atoms with Crippen LogP contribution in [0.5, 0.6) is 0 Å². The molecule has 0 saturated carbocycles. The van der Waals surface area contributed by atoms with E-state index in [1.54, 1.807) is 0 Å². The highest BCUT2D eigenvalue weighted by Crippen LogP contribution is 2.29. The molecule has 0 amide bonds. The van der Waals surface area contributed by atoms with Crippen molar-refractivity contribution in [2.45, 2.75) is 64.5 Å². The Morgan fingerprint density at radius 1 is 1.22 bits per heavy atom. The standard InChI is InChI=1S/C17H25N5O/c1-2-22-12-18-19-17(22)13-7-9-21(10-8-13)11-15-14-5-3-4-6-16(14)23-20-15/h12-13H,2-11H2,1H3. The minimum Gasteiger partial charge on any atom is -0.361 e. The van der Waals surface area contributed by atoms with Crippen LogP contribution in [0.1, 0.15) is 61.4 Å². The van der Waals surface area contributed by atoms with E-state index in [1.165, 1.54) is 24.1 Å². The second kappa shape index (κ2) is 6.43. The second-order valence-corrected chi connectivity index (χ2v) is 6.76. The molecule has 0 spiro atoms.